The van der Waals surface area contributed by atoms with Crippen LogP contribution in [0.4, 0.5) is 0 Å². The van der Waals surface area contributed by atoms with Crippen molar-refractivity contribution in [2.45, 2.75) is 58.5 Å². The Hall–Kier alpha value is -1.93. The van der Waals surface area contributed by atoms with E-state index in [1.54, 1.807) is 30.0 Å². The van der Waals surface area contributed by atoms with E-state index < -0.39 is 24.2 Å². The highest BCUT2D eigenvalue weighted by Crippen LogP contribution is 2.37. The minimum Gasteiger partial charge on any atom is -0.493 e. The van der Waals surface area contributed by atoms with Crippen LogP contribution in [0.25, 0.3) is 0 Å². The highest BCUT2D eigenvalue weighted by Gasteiger charge is 2.40. The molecule has 3 unspecified atom stereocenters. The summed E-state index contributed by atoms with van der Waals surface area (Å²) in [6, 6.07) is 2.64. The van der Waals surface area contributed by atoms with E-state index in [1.165, 1.54) is 7.11 Å². The van der Waals surface area contributed by atoms with Gasteiger partial charge in [-0.2, -0.15) is 0 Å². The van der Waals surface area contributed by atoms with E-state index in [4.69, 9.17) is 19.3 Å². The number of carbonyl (C=O) groups is 2. The molecule has 10 nitrogen and oxygen atoms in total. The molecule has 1 aromatic rings. The first-order valence-electron chi connectivity index (χ1n) is 12.5. The van der Waals surface area contributed by atoms with E-state index >= 15 is 0 Å². The summed E-state index contributed by atoms with van der Waals surface area (Å²) in [5.41, 5.74) is 0.977. The van der Waals surface area contributed by atoms with Crippen molar-refractivity contribution in [2.24, 2.45) is 5.92 Å². The topological polar surface area (TPSA) is 138 Å². The predicted octanol–water partition coefficient (Wildman–Crippen LogP) is 1.62. The molecule has 2 amide bonds. The van der Waals surface area contributed by atoms with Gasteiger partial charge >= 0.3 is 0 Å². The number of hydrogen-bond acceptors (Lipinski definition) is 8. The molecule has 0 aromatic heterocycles. The molecule has 0 saturated carbocycles. The molecule has 1 aliphatic rings. The maximum absolute atomic E-state index is 13.1. The fourth-order valence-electron chi connectivity index (χ4n) is 4.04. The Bertz CT molecular complexity index is 939. The lowest BCUT2D eigenvalue weighted by molar-refractivity contribution is -0.143. The Balaban J connectivity index is 2.48. The summed E-state index contributed by atoms with van der Waals surface area (Å²) in [5, 5.41) is 32.8. The SMILES string of the molecule is CCOCC(=O)N(CCC(C)C)C1CC(C(=O)NCCO)=CC(Oc2c(I)cc(CO)cc2OC)C1O. The van der Waals surface area contributed by atoms with Gasteiger partial charge in [0.15, 0.2) is 11.5 Å². The molecular formula is C26H39IN2O8. The van der Waals surface area contributed by atoms with E-state index in [1.807, 2.05) is 13.8 Å². The van der Waals surface area contributed by atoms with Gasteiger partial charge in [-0.3, -0.25) is 9.59 Å². The van der Waals surface area contributed by atoms with Crippen LogP contribution in [0.2, 0.25) is 0 Å². The highest BCUT2D eigenvalue weighted by atomic mass is 127. The number of nitrogens with one attached hydrogen (secondary N) is 1. The molecule has 0 spiro atoms. The summed E-state index contributed by atoms with van der Waals surface area (Å²) in [6.07, 6.45) is 0.252. The molecule has 37 heavy (non-hydrogen) atoms. The highest BCUT2D eigenvalue weighted by molar-refractivity contribution is 14.1. The Kier molecular flexibility index (Phi) is 13.1. The van der Waals surface area contributed by atoms with E-state index in [9.17, 15) is 19.8 Å². The second-order valence-electron chi connectivity index (χ2n) is 9.19. The summed E-state index contributed by atoms with van der Waals surface area (Å²) in [4.78, 5) is 27.6. The maximum atomic E-state index is 13.1. The smallest absolute Gasteiger partial charge is 0.248 e. The van der Waals surface area contributed by atoms with Crippen LogP contribution in [0.15, 0.2) is 23.8 Å². The Morgan fingerprint density at radius 3 is 2.59 bits per heavy atom. The Labute approximate surface area is 232 Å². The van der Waals surface area contributed by atoms with Crippen LogP contribution in [-0.4, -0.2) is 90.3 Å². The van der Waals surface area contributed by atoms with Crippen molar-refractivity contribution >= 4 is 34.4 Å². The van der Waals surface area contributed by atoms with E-state index in [0.717, 1.165) is 0 Å². The average molecular weight is 635 g/mol. The minimum absolute atomic E-state index is 0.0730. The van der Waals surface area contributed by atoms with Crippen LogP contribution in [0.5, 0.6) is 11.5 Å². The summed E-state index contributed by atoms with van der Waals surface area (Å²) >= 11 is 2.06. The number of aliphatic hydroxyl groups is 3. The second-order valence-corrected chi connectivity index (χ2v) is 10.4. The third-order valence-corrected chi connectivity index (χ3v) is 6.84. The van der Waals surface area contributed by atoms with E-state index in [2.05, 4.69) is 27.9 Å². The zero-order valence-electron chi connectivity index (χ0n) is 21.9. The zero-order chi connectivity index (χ0) is 27.5. The molecule has 208 valence electrons. The lowest BCUT2D eigenvalue weighted by Gasteiger charge is -2.41. The van der Waals surface area contributed by atoms with Gasteiger partial charge in [-0.1, -0.05) is 13.8 Å². The molecule has 0 saturated heterocycles. The molecule has 1 aromatic carbocycles. The lowest BCUT2D eigenvalue weighted by atomic mass is 9.87. The summed E-state index contributed by atoms with van der Waals surface area (Å²) in [7, 11) is 1.48. The molecule has 0 bridgehead atoms. The lowest BCUT2D eigenvalue weighted by Crippen LogP contribution is -2.56. The van der Waals surface area contributed by atoms with Crippen molar-refractivity contribution in [3.8, 4) is 11.5 Å². The number of halogens is 1. The number of amides is 2. The van der Waals surface area contributed by atoms with Crippen molar-refractivity contribution in [1.29, 1.82) is 0 Å². The van der Waals surface area contributed by atoms with Crippen LogP contribution < -0.4 is 14.8 Å². The average Bonchev–Trinajstić information content (AvgIpc) is 2.88. The quantitative estimate of drug-likeness (QED) is 0.227. The number of rotatable bonds is 14. The molecule has 11 heteroatoms. The van der Waals surface area contributed by atoms with Gasteiger partial charge in [-0.05, 0) is 65.6 Å². The van der Waals surface area contributed by atoms with Gasteiger partial charge in [0.25, 0.3) is 0 Å². The minimum atomic E-state index is -1.15. The molecule has 0 radical (unpaired) electrons. The number of benzene rings is 1. The molecule has 0 aliphatic heterocycles. The fraction of sp³-hybridized carbons (Fsp3) is 0.615. The normalized spacial score (nSPS) is 19.4. The molecule has 1 aliphatic carbocycles. The van der Waals surface area contributed by atoms with Crippen molar-refractivity contribution in [2.75, 3.05) is 40.0 Å². The third-order valence-electron chi connectivity index (χ3n) is 6.04. The van der Waals surface area contributed by atoms with Crippen LogP contribution in [0.3, 0.4) is 0 Å². The van der Waals surface area contributed by atoms with E-state index in [-0.39, 0.29) is 38.7 Å². The monoisotopic (exact) mass is 634 g/mol. The summed E-state index contributed by atoms with van der Waals surface area (Å²) in [6.45, 7) is 6.20. The molecule has 4 N–H and O–H groups in total. The van der Waals surface area contributed by atoms with Crippen molar-refractivity contribution in [1.82, 2.24) is 10.2 Å². The number of ether oxygens (including phenoxy) is 3. The summed E-state index contributed by atoms with van der Waals surface area (Å²) < 4.78 is 17.7. The second kappa shape index (κ2) is 15.5. The van der Waals surface area contributed by atoms with Crippen LogP contribution in [0.1, 0.15) is 39.2 Å². The zero-order valence-corrected chi connectivity index (χ0v) is 24.1. The standard InChI is InChI=1S/C26H39IN2O8/c1-5-36-15-23(32)29(8-6-16(2)3)20-12-18(26(34)28-7-9-30)13-21(24(20)33)37-25-19(27)10-17(14-31)11-22(25)35-4/h10-11,13,16,20-21,24,30-31,33H,5-9,12,14-15H2,1-4H3,(H,28,34). The molecule has 2 rings (SSSR count). The van der Waals surface area contributed by atoms with Crippen molar-refractivity contribution < 1.29 is 39.1 Å². The first-order chi connectivity index (χ1) is 17.7. The largest absolute Gasteiger partial charge is 0.493 e. The van der Waals surface area contributed by atoms with Gasteiger partial charge in [0.2, 0.25) is 11.8 Å². The molecule has 3 atom stereocenters. The van der Waals surface area contributed by atoms with E-state index in [0.29, 0.717) is 51.7 Å². The van der Waals surface area contributed by atoms with Gasteiger partial charge in [0.05, 0.1) is 29.9 Å². The third kappa shape index (κ3) is 8.81. The van der Waals surface area contributed by atoms with Gasteiger partial charge in [0.1, 0.15) is 18.8 Å². The first-order valence-corrected chi connectivity index (χ1v) is 13.5. The number of nitrogens with zero attached hydrogens (tertiary/aromatic N) is 1. The van der Waals surface area contributed by atoms with Crippen molar-refractivity contribution in [3.63, 3.8) is 0 Å². The van der Waals surface area contributed by atoms with Crippen LogP contribution >= 0.6 is 22.6 Å². The number of carbonyl (C=O) groups excluding carboxylic acids is 2. The Morgan fingerprint density at radius 1 is 1.27 bits per heavy atom. The predicted molar refractivity (Wildman–Crippen MR) is 146 cm³/mol. The fourth-order valence-corrected chi connectivity index (χ4v) is 4.83. The Morgan fingerprint density at radius 2 is 2.00 bits per heavy atom. The van der Waals surface area contributed by atoms with Crippen molar-refractivity contribution in [3.05, 3.63) is 32.9 Å². The number of methoxy groups -OCH3 is 1. The van der Waals surface area contributed by atoms with Gasteiger partial charge in [-0.15, -0.1) is 0 Å². The maximum Gasteiger partial charge on any atom is 0.248 e. The number of aliphatic hydroxyl groups excluding tert-OH is 3. The van der Waals surface area contributed by atoms with Gasteiger partial charge in [0, 0.05) is 31.7 Å². The molecule has 0 fully saturated rings. The first kappa shape index (κ1) is 31.3. The molecular weight excluding hydrogens is 595 g/mol. The number of hydrogen-bond donors (Lipinski definition) is 4. The van der Waals surface area contributed by atoms with Gasteiger partial charge < -0.3 is 39.7 Å². The molecule has 0 heterocycles. The summed E-state index contributed by atoms with van der Waals surface area (Å²) in [5.74, 6) is 0.355. The van der Waals surface area contributed by atoms with Gasteiger partial charge in [-0.25, -0.2) is 0 Å². The van der Waals surface area contributed by atoms with Crippen LogP contribution in [0, 0.1) is 9.49 Å². The van der Waals surface area contributed by atoms with Crippen LogP contribution in [-0.2, 0) is 20.9 Å².